The number of hydrogen-bond acceptors (Lipinski definition) is 4. The fourth-order valence-corrected chi connectivity index (χ4v) is 1.89. The third kappa shape index (κ3) is 9.26. The van der Waals surface area contributed by atoms with Gasteiger partial charge in [0.05, 0.1) is 12.7 Å². The van der Waals surface area contributed by atoms with Crippen LogP contribution in [0.2, 0.25) is 0 Å². The lowest BCUT2D eigenvalue weighted by Gasteiger charge is -2.17. The van der Waals surface area contributed by atoms with Crippen LogP contribution in [-0.4, -0.2) is 42.1 Å². The second kappa shape index (κ2) is 7.79. The zero-order valence-corrected chi connectivity index (χ0v) is 11.1. The molecule has 0 heterocycles. The van der Waals surface area contributed by atoms with Crippen molar-refractivity contribution >= 4 is 13.7 Å². The van der Waals surface area contributed by atoms with Gasteiger partial charge in [-0.1, -0.05) is 6.92 Å². The molecule has 1 amide bonds. The van der Waals surface area contributed by atoms with Crippen LogP contribution >= 0.6 is 7.82 Å². The van der Waals surface area contributed by atoms with Crippen molar-refractivity contribution in [1.82, 2.24) is 5.32 Å². The second-order valence-electron chi connectivity index (χ2n) is 3.83. The Kier molecular flexibility index (Phi) is 7.58. The van der Waals surface area contributed by atoms with Crippen LogP contribution < -0.4 is 5.32 Å². The van der Waals surface area contributed by atoms with E-state index in [0.29, 0.717) is 13.2 Å². The largest absolute Gasteiger partial charge is 0.469 e. The Bertz CT molecular complexity index is 279. The Balaban J connectivity index is 3.94. The molecule has 102 valence electrons. The molecule has 0 radical (unpaired) electrons. The van der Waals surface area contributed by atoms with Crippen molar-refractivity contribution in [2.75, 3.05) is 20.3 Å². The van der Waals surface area contributed by atoms with E-state index in [1.807, 2.05) is 0 Å². The summed E-state index contributed by atoms with van der Waals surface area (Å²) in [6, 6.07) is 0. The van der Waals surface area contributed by atoms with E-state index in [9.17, 15) is 9.36 Å². The van der Waals surface area contributed by atoms with E-state index in [4.69, 9.17) is 14.5 Å². The molecule has 0 saturated heterocycles. The molecule has 0 saturated carbocycles. The van der Waals surface area contributed by atoms with E-state index in [-0.39, 0.29) is 18.2 Å². The Morgan fingerprint density at radius 1 is 1.41 bits per heavy atom. The second-order valence-corrected chi connectivity index (χ2v) is 5.02. The van der Waals surface area contributed by atoms with Gasteiger partial charge in [0.15, 0.2) is 0 Å². The van der Waals surface area contributed by atoms with Crippen LogP contribution in [0.15, 0.2) is 0 Å². The molecule has 0 aromatic heterocycles. The lowest BCUT2D eigenvalue weighted by atomic mass is 10.0. The van der Waals surface area contributed by atoms with Gasteiger partial charge >= 0.3 is 7.82 Å². The number of ether oxygens (including phenoxy) is 1. The average molecular weight is 269 g/mol. The first-order valence-corrected chi connectivity index (χ1v) is 6.80. The minimum atomic E-state index is -4.49. The molecule has 2 atom stereocenters. The summed E-state index contributed by atoms with van der Waals surface area (Å²) in [7, 11) is -2.95. The summed E-state index contributed by atoms with van der Waals surface area (Å²) in [5.74, 6) is -0.573. The number of nitrogens with one attached hydrogen (secondary N) is 1. The number of carbonyl (C=O) groups excluding carboxylic acids is 1. The van der Waals surface area contributed by atoms with Crippen LogP contribution in [0, 0.1) is 5.92 Å². The number of rotatable bonds is 8. The number of phosphoric acid groups is 1. The van der Waals surface area contributed by atoms with E-state index in [1.54, 1.807) is 6.92 Å². The van der Waals surface area contributed by atoms with Gasteiger partial charge in [0, 0.05) is 19.6 Å². The number of hydrogen-bond donors (Lipinski definition) is 3. The molecule has 0 spiro atoms. The van der Waals surface area contributed by atoms with Crippen LogP contribution in [0.5, 0.6) is 0 Å². The standard InChI is InChI=1S/C9H20NO6P/c1-7(9(11)10-4-5-15-3)6-8(2)16-17(12,13)14/h7-8H,4-6H2,1-3H3,(H,10,11)(H2,12,13,14). The number of phosphoric ester groups is 1. The number of carbonyl (C=O) groups is 1. The summed E-state index contributed by atoms with van der Waals surface area (Å²) in [6.45, 7) is 4.01. The van der Waals surface area contributed by atoms with Crippen LogP contribution in [0.4, 0.5) is 0 Å². The lowest BCUT2D eigenvalue weighted by molar-refractivity contribution is -0.125. The van der Waals surface area contributed by atoms with E-state index < -0.39 is 13.9 Å². The molecular weight excluding hydrogens is 249 g/mol. The Morgan fingerprint density at radius 3 is 2.47 bits per heavy atom. The molecule has 7 nitrogen and oxygen atoms in total. The van der Waals surface area contributed by atoms with Gasteiger partial charge in [0.2, 0.25) is 5.91 Å². The van der Waals surface area contributed by atoms with Crippen molar-refractivity contribution in [2.24, 2.45) is 5.92 Å². The first-order valence-electron chi connectivity index (χ1n) is 5.27. The lowest BCUT2D eigenvalue weighted by Crippen LogP contribution is -2.33. The zero-order valence-electron chi connectivity index (χ0n) is 10.3. The normalized spacial score (nSPS) is 15.4. The van der Waals surface area contributed by atoms with Gasteiger partial charge in [-0.15, -0.1) is 0 Å². The first kappa shape index (κ1) is 16.5. The van der Waals surface area contributed by atoms with Crippen molar-refractivity contribution in [3.8, 4) is 0 Å². The highest BCUT2D eigenvalue weighted by molar-refractivity contribution is 7.46. The van der Waals surface area contributed by atoms with Crippen molar-refractivity contribution in [3.05, 3.63) is 0 Å². The molecule has 0 aromatic carbocycles. The molecule has 0 aliphatic carbocycles. The van der Waals surface area contributed by atoms with Gasteiger partial charge in [-0.3, -0.25) is 9.32 Å². The summed E-state index contributed by atoms with van der Waals surface area (Å²) in [5, 5.41) is 2.64. The zero-order chi connectivity index (χ0) is 13.5. The predicted molar refractivity (Wildman–Crippen MR) is 61.3 cm³/mol. The van der Waals surface area contributed by atoms with Crippen molar-refractivity contribution < 1.29 is 28.4 Å². The quantitative estimate of drug-likeness (QED) is 0.431. The molecule has 0 aromatic rings. The molecule has 17 heavy (non-hydrogen) atoms. The molecule has 0 aliphatic rings. The Labute approximate surface area is 101 Å². The SMILES string of the molecule is COCCNC(=O)C(C)CC(C)OP(=O)(O)O. The van der Waals surface area contributed by atoms with E-state index in [2.05, 4.69) is 9.84 Å². The highest BCUT2D eigenvalue weighted by Gasteiger charge is 2.22. The van der Waals surface area contributed by atoms with Gasteiger partial charge in [-0.05, 0) is 13.3 Å². The Hall–Kier alpha value is -0.460. The van der Waals surface area contributed by atoms with Crippen molar-refractivity contribution in [2.45, 2.75) is 26.4 Å². The minimum absolute atomic E-state index is 0.191. The Morgan fingerprint density at radius 2 is 2.00 bits per heavy atom. The highest BCUT2D eigenvalue weighted by Crippen LogP contribution is 2.38. The maximum Gasteiger partial charge on any atom is 0.469 e. The van der Waals surface area contributed by atoms with E-state index in [1.165, 1.54) is 14.0 Å². The molecule has 0 aliphatic heterocycles. The van der Waals surface area contributed by atoms with Crippen molar-refractivity contribution in [1.29, 1.82) is 0 Å². The number of amides is 1. The predicted octanol–water partition coefficient (Wildman–Crippen LogP) is 0.273. The molecule has 3 N–H and O–H groups in total. The van der Waals surface area contributed by atoms with Gasteiger partial charge in [-0.2, -0.15) is 0 Å². The fraction of sp³-hybridized carbons (Fsp3) is 0.889. The molecular formula is C9H20NO6P. The molecule has 8 heteroatoms. The topological polar surface area (TPSA) is 105 Å². The van der Waals surface area contributed by atoms with Crippen LogP contribution in [0.1, 0.15) is 20.3 Å². The average Bonchev–Trinajstić information content (AvgIpc) is 2.14. The van der Waals surface area contributed by atoms with Crippen molar-refractivity contribution in [3.63, 3.8) is 0 Å². The summed E-state index contributed by atoms with van der Waals surface area (Å²) in [6.07, 6.45) is -0.441. The van der Waals surface area contributed by atoms with Gasteiger partial charge in [-0.25, -0.2) is 4.57 Å². The minimum Gasteiger partial charge on any atom is -0.383 e. The summed E-state index contributed by atoms with van der Waals surface area (Å²) in [4.78, 5) is 28.7. The fourth-order valence-electron chi connectivity index (χ4n) is 1.33. The van der Waals surface area contributed by atoms with Crippen LogP contribution in [0.25, 0.3) is 0 Å². The van der Waals surface area contributed by atoms with Gasteiger partial charge < -0.3 is 19.8 Å². The smallest absolute Gasteiger partial charge is 0.383 e. The maximum atomic E-state index is 11.5. The van der Waals surface area contributed by atoms with Gasteiger partial charge in [0.1, 0.15) is 0 Å². The summed E-state index contributed by atoms with van der Waals surface area (Å²) < 4.78 is 19.8. The monoisotopic (exact) mass is 269 g/mol. The van der Waals surface area contributed by atoms with E-state index >= 15 is 0 Å². The summed E-state index contributed by atoms with van der Waals surface area (Å²) in [5.41, 5.74) is 0. The summed E-state index contributed by atoms with van der Waals surface area (Å²) >= 11 is 0. The third-order valence-corrected chi connectivity index (χ3v) is 2.69. The molecule has 0 fully saturated rings. The highest BCUT2D eigenvalue weighted by atomic mass is 31.2. The number of methoxy groups -OCH3 is 1. The van der Waals surface area contributed by atoms with E-state index in [0.717, 1.165) is 0 Å². The maximum absolute atomic E-state index is 11.5. The van der Waals surface area contributed by atoms with Gasteiger partial charge in [0.25, 0.3) is 0 Å². The van der Waals surface area contributed by atoms with Crippen LogP contribution in [-0.2, 0) is 18.6 Å². The molecule has 2 unspecified atom stereocenters. The molecule has 0 rings (SSSR count). The molecule has 0 bridgehead atoms. The van der Waals surface area contributed by atoms with Crippen LogP contribution in [0.3, 0.4) is 0 Å². The third-order valence-electron chi connectivity index (χ3n) is 2.06. The first-order chi connectivity index (χ1) is 7.76.